The molecule has 0 aromatic heterocycles. The number of halogens is 3. The molecule has 120 valence electrons. The van der Waals surface area contributed by atoms with Crippen LogP contribution in [0.4, 0.5) is 13.2 Å². The van der Waals surface area contributed by atoms with E-state index in [-0.39, 0.29) is 24.1 Å². The van der Waals surface area contributed by atoms with Gasteiger partial charge in [0.2, 0.25) is 0 Å². The van der Waals surface area contributed by atoms with Gasteiger partial charge in [0, 0.05) is 6.54 Å². The van der Waals surface area contributed by atoms with Crippen molar-refractivity contribution in [1.82, 2.24) is 4.90 Å². The van der Waals surface area contributed by atoms with Gasteiger partial charge in [0.15, 0.2) is 0 Å². The van der Waals surface area contributed by atoms with Crippen molar-refractivity contribution in [3.05, 3.63) is 35.4 Å². The largest absolute Gasteiger partial charge is 0.523 e. The normalized spacial score (nSPS) is 15.3. The van der Waals surface area contributed by atoms with Gasteiger partial charge in [0.1, 0.15) is 0 Å². The lowest BCUT2D eigenvalue weighted by Gasteiger charge is -2.14. The summed E-state index contributed by atoms with van der Waals surface area (Å²) < 4.78 is 61.2. The fourth-order valence-electron chi connectivity index (χ4n) is 1.90. The van der Waals surface area contributed by atoms with Crippen LogP contribution in [-0.2, 0) is 14.3 Å². The molecule has 6 nitrogen and oxygen atoms in total. The van der Waals surface area contributed by atoms with Crippen LogP contribution >= 0.6 is 0 Å². The molecular formula is C12H10F3NO5S. The number of nitrogens with zero attached hydrogens (tertiary/aromatic N) is 1. The standard InChI is InChI=1S/C12H10F3NO5S/c13-12(14,15)22(19,20)21-7-3-6-16-10(17)8-4-1-2-5-9(8)11(16)18/h1-2,4-5H,3,6-7H2. The quantitative estimate of drug-likeness (QED) is 0.352. The molecule has 10 heteroatoms. The minimum Gasteiger partial charge on any atom is -0.274 e. The molecule has 0 N–H and O–H groups in total. The zero-order chi connectivity index (χ0) is 16.5. The third-order valence-electron chi connectivity index (χ3n) is 2.93. The van der Waals surface area contributed by atoms with Crippen molar-refractivity contribution in [2.75, 3.05) is 13.2 Å². The van der Waals surface area contributed by atoms with Crippen LogP contribution in [0.1, 0.15) is 27.1 Å². The second-order valence-electron chi connectivity index (χ2n) is 4.38. The van der Waals surface area contributed by atoms with Crippen molar-refractivity contribution in [1.29, 1.82) is 0 Å². The van der Waals surface area contributed by atoms with Gasteiger partial charge in [0.25, 0.3) is 11.8 Å². The average Bonchev–Trinajstić information content (AvgIpc) is 2.67. The van der Waals surface area contributed by atoms with Gasteiger partial charge >= 0.3 is 15.6 Å². The number of alkyl halides is 3. The second-order valence-corrected chi connectivity index (χ2v) is 5.99. The molecule has 22 heavy (non-hydrogen) atoms. The van der Waals surface area contributed by atoms with Gasteiger partial charge in [-0.05, 0) is 18.6 Å². The van der Waals surface area contributed by atoms with Gasteiger partial charge in [-0.2, -0.15) is 21.6 Å². The van der Waals surface area contributed by atoms with Crippen LogP contribution in [0.5, 0.6) is 0 Å². The maximum absolute atomic E-state index is 12.0. The fraction of sp³-hybridized carbons (Fsp3) is 0.333. The van der Waals surface area contributed by atoms with E-state index >= 15 is 0 Å². The number of hydrogen-bond acceptors (Lipinski definition) is 5. The summed E-state index contributed by atoms with van der Waals surface area (Å²) in [7, 11) is -5.66. The Morgan fingerprint density at radius 2 is 1.55 bits per heavy atom. The molecule has 0 fully saturated rings. The molecule has 0 spiro atoms. The summed E-state index contributed by atoms with van der Waals surface area (Å²) in [5, 5.41) is 0. The minimum atomic E-state index is -5.66. The van der Waals surface area contributed by atoms with Gasteiger partial charge in [-0.25, -0.2) is 0 Å². The van der Waals surface area contributed by atoms with E-state index in [0.29, 0.717) is 0 Å². The summed E-state index contributed by atoms with van der Waals surface area (Å²) in [4.78, 5) is 24.7. The van der Waals surface area contributed by atoms with Crippen LogP contribution in [-0.4, -0.2) is 43.8 Å². The third-order valence-corrected chi connectivity index (χ3v) is 3.97. The Labute approximate surface area is 123 Å². The highest BCUT2D eigenvalue weighted by Gasteiger charge is 2.47. The molecule has 0 radical (unpaired) electrons. The number of fused-ring (bicyclic) bond motifs is 1. The number of hydrogen-bond donors (Lipinski definition) is 0. The van der Waals surface area contributed by atoms with Crippen LogP contribution in [0.2, 0.25) is 0 Å². The molecule has 2 amide bonds. The lowest BCUT2D eigenvalue weighted by atomic mass is 10.1. The minimum absolute atomic E-state index is 0.205. The Kier molecular flexibility index (Phi) is 4.25. The number of rotatable bonds is 5. The van der Waals surface area contributed by atoms with Crippen LogP contribution in [0.25, 0.3) is 0 Å². The van der Waals surface area contributed by atoms with E-state index in [1.807, 2.05) is 0 Å². The van der Waals surface area contributed by atoms with Crippen molar-refractivity contribution in [3.8, 4) is 0 Å². The summed E-state index contributed by atoms with van der Waals surface area (Å²) >= 11 is 0. The molecule has 0 aliphatic carbocycles. The fourth-order valence-corrected chi connectivity index (χ4v) is 2.37. The highest BCUT2D eigenvalue weighted by molar-refractivity contribution is 7.87. The molecule has 1 aliphatic rings. The van der Waals surface area contributed by atoms with Crippen molar-refractivity contribution >= 4 is 21.9 Å². The van der Waals surface area contributed by atoms with E-state index in [9.17, 15) is 31.2 Å². The number of amides is 2. The van der Waals surface area contributed by atoms with Crippen molar-refractivity contribution in [2.45, 2.75) is 11.9 Å². The molecule has 0 saturated heterocycles. The van der Waals surface area contributed by atoms with Gasteiger partial charge in [0.05, 0.1) is 17.7 Å². The molecule has 0 bridgehead atoms. The zero-order valence-electron chi connectivity index (χ0n) is 11.0. The monoisotopic (exact) mass is 337 g/mol. The molecule has 0 atom stereocenters. The van der Waals surface area contributed by atoms with Gasteiger partial charge in [-0.15, -0.1) is 0 Å². The van der Waals surface area contributed by atoms with E-state index in [1.54, 1.807) is 12.1 Å². The Balaban J connectivity index is 1.92. The predicted molar refractivity (Wildman–Crippen MR) is 67.4 cm³/mol. The molecule has 1 aliphatic heterocycles. The molecule has 0 saturated carbocycles. The predicted octanol–water partition coefficient (Wildman–Crippen LogP) is 1.54. The van der Waals surface area contributed by atoms with Gasteiger partial charge in [-0.3, -0.25) is 18.7 Å². The number of imide groups is 1. The lowest BCUT2D eigenvalue weighted by Crippen LogP contribution is -2.32. The van der Waals surface area contributed by atoms with Crippen molar-refractivity contribution in [3.63, 3.8) is 0 Å². The highest BCUT2D eigenvalue weighted by Crippen LogP contribution is 2.25. The Hall–Kier alpha value is -1.94. The summed E-state index contributed by atoms with van der Waals surface area (Å²) in [5.41, 5.74) is -5.09. The summed E-state index contributed by atoms with van der Waals surface area (Å²) in [6.45, 7) is -1.02. The first-order valence-corrected chi connectivity index (χ1v) is 7.47. The summed E-state index contributed by atoms with van der Waals surface area (Å²) in [5.74, 6) is -1.14. The Morgan fingerprint density at radius 1 is 1.05 bits per heavy atom. The topological polar surface area (TPSA) is 80.8 Å². The SMILES string of the molecule is O=C1c2ccccc2C(=O)N1CCCOS(=O)(=O)C(F)(F)F. The molecule has 0 unspecified atom stereocenters. The first kappa shape index (κ1) is 16.4. The molecule has 1 aromatic rings. The molecule has 2 rings (SSSR count). The summed E-state index contributed by atoms with van der Waals surface area (Å²) in [6, 6.07) is 6.07. The third kappa shape index (κ3) is 2.97. The molecule has 1 heterocycles. The first-order valence-electron chi connectivity index (χ1n) is 6.06. The maximum atomic E-state index is 12.0. The van der Waals surface area contributed by atoms with E-state index in [4.69, 9.17) is 0 Å². The molecule has 1 aromatic carbocycles. The number of benzene rings is 1. The van der Waals surface area contributed by atoms with Gasteiger partial charge < -0.3 is 0 Å². The zero-order valence-corrected chi connectivity index (χ0v) is 11.8. The van der Waals surface area contributed by atoms with Crippen LogP contribution in [0.15, 0.2) is 24.3 Å². The Morgan fingerprint density at radius 3 is 2.00 bits per heavy atom. The average molecular weight is 337 g/mol. The van der Waals surface area contributed by atoms with Gasteiger partial charge in [-0.1, -0.05) is 12.1 Å². The maximum Gasteiger partial charge on any atom is 0.523 e. The number of carbonyl (C=O) groups excluding carboxylic acids is 2. The van der Waals surface area contributed by atoms with Crippen molar-refractivity contribution in [2.24, 2.45) is 0 Å². The smallest absolute Gasteiger partial charge is 0.274 e. The van der Waals surface area contributed by atoms with E-state index < -0.39 is 34.0 Å². The van der Waals surface area contributed by atoms with E-state index in [2.05, 4.69) is 4.18 Å². The van der Waals surface area contributed by atoms with Crippen molar-refractivity contribution < 1.29 is 35.4 Å². The van der Waals surface area contributed by atoms with E-state index in [0.717, 1.165) is 4.90 Å². The second kappa shape index (κ2) is 5.69. The lowest BCUT2D eigenvalue weighted by molar-refractivity contribution is -0.0543. The number of carbonyl (C=O) groups is 2. The molecular weight excluding hydrogens is 327 g/mol. The summed E-state index contributed by atoms with van der Waals surface area (Å²) in [6.07, 6.45) is -0.235. The van der Waals surface area contributed by atoms with E-state index in [1.165, 1.54) is 12.1 Å². The van der Waals surface area contributed by atoms with Crippen LogP contribution in [0, 0.1) is 0 Å². The van der Waals surface area contributed by atoms with Crippen LogP contribution < -0.4 is 0 Å². The highest BCUT2D eigenvalue weighted by atomic mass is 32.2. The van der Waals surface area contributed by atoms with Crippen LogP contribution in [0.3, 0.4) is 0 Å². The first-order chi connectivity index (χ1) is 10.1. The Bertz CT molecular complexity index is 679.